The van der Waals surface area contributed by atoms with Crippen molar-refractivity contribution in [2.75, 3.05) is 0 Å². The molecule has 0 unspecified atom stereocenters. The highest BCUT2D eigenvalue weighted by molar-refractivity contribution is 7.22. The van der Waals surface area contributed by atoms with Crippen LogP contribution < -0.4 is 0 Å². The molecule has 5 aromatic carbocycles. The maximum absolute atomic E-state index is 2.40. The van der Waals surface area contributed by atoms with Crippen molar-refractivity contribution in [3.8, 4) is 20.9 Å². The second kappa shape index (κ2) is 7.53. The van der Waals surface area contributed by atoms with Crippen molar-refractivity contribution in [3.05, 3.63) is 108 Å². The third-order valence-corrected chi connectivity index (χ3v) is 9.01. The van der Waals surface area contributed by atoms with Crippen molar-refractivity contribution >= 4 is 64.4 Å². The molecule has 0 radical (unpaired) electrons. The van der Waals surface area contributed by atoms with Gasteiger partial charge in [-0.25, -0.2) is 0 Å². The molecule has 0 saturated heterocycles. The molecule has 7 aromatic rings. The summed E-state index contributed by atoms with van der Waals surface area (Å²) >= 11 is 3.78. The fourth-order valence-electron chi connectivity index (χ4n) is 5.01. The number of rotatable bonds is 2. The first-order chi connectivity index (χ1) is 16.6. The van der Waals surface area contributed by atoms with Crippen LogP contribution in [0.2, 0.25) is 0 Å². The van der Waals surface area contributed by atoms with Gasteiger partial charge in [-0.3, -0.25) is 0 Å². The third-order valence-electron chi connectivity index (χ3n) is 6.71. The van der Waals surface area contributed by atoms with E-state index in [1.807, 2.05) is 22.7 Å². The fraction of sp³-hybridized carbons (Fsp3) is 0.0625. The molecule has 0 nitrogen and oxygen atoms in total. The van der Waals surface area contributed by atoms with Crippen LogP contribution in [0.15, 0.2) is 97.1 Å². The lowest BCUT2D eigenvalue weighted by Gasteiger charge is -2.05. The van der Waals surface area contributed by atoms with Gasteiger partial charge in [0.25, 0.3) is 0 Å². The molecule has 0 bridgehead atoms. The van der Waals surface area contributed by atoms with Crippen molar-refractivity contribution in [1.29, 1.82) is 0 Å². The molecular formula is C32H22S2. The third kappa shape index (κ3) is 3.26. The van der Waals surface area contributed by atoms with Crippen molar-refractivity contribution in [2.24, 2.45) is 0 Å². The highest BCUT2D eigenvalue weighted by Crippen LogP contribution is 2.41. The molecule has 0 amide bonds. The largest absolute Gasteiger partial charge is 0.135 e. The molecule has 7 rings (SSSR count). The van der Waals surface area contributed by atoms with Gasteiger partial charge < -0.3 is 0 Å². The van der Waals surface area contributed by atoms with Gasteiger partial charge in [0.2, 0.25) is 0 Å². The van der Waals surface area contributed by atoms with E-state index in [1.54, 1.807) is 0 Å². The van der Waals surface area contributed by atoms with Crippen LogP contribution >= 0.6 is 22.7 Å². The monoisotopic (exact) mass is 470 g/mol. The smallest absolute Gasteiger partial charge is 0.0355 e. The first kappa shape index (κ1) is 20.0. The number of benzene rings is 5. The van der Waals surface area contributed by atoms with Gasteiger partial charge in [0.15, 0.2) is 0 Å². The van der Waals surface area contributed by atoms with Crippen LogP contribution in [0.4, 0.5) is 0 Å². The zero-order valence-corrected chi connectivity index (χ0v) is 20.7. The highest BCUT2D eigenvalue weighted by Gasteiger charge is 2.11. The quantitative estimate of drug-likeness (QED) is 0.220. The number of hydrogen-bond acceptors (Lipinski definition) is 2. The highest BCUT2D eigenvalue weighted by atomic mass is 32.1. The molecule has 0 atom stereocenters. The van der Waals surface area contributed by atoms with Gasteiger partial charge in [-0.1, -0.05) is 71.8 Å². The Morgan fingerprint density at radius 3 is 1.35 bits per heavy atom. The molecule has 162 valence electrons. The zero-order valence-electron chi connectivity index (χ0n) is 19.1. The molecule has 0 spiro atoms. The predicted molar refractivity (Wildman–Crippen MR) is 153 cm³/mol. The molecule has 2 heterocycles. The van der Waals surface area contributed by atoms with E-state index in [9.17, 15) is 0 Å². The minimum absolute atomic E-state index is 1.30. The maximum Gasteiger partial charge on any atom is 0.0355 e. The van der Waals surface area contributed by atoms with E-state index >= 15 is 0 Å². The van der Waals surface area contributed by atoms with Crippen molar-refractivity contribution in [2.45, 2.75) is 13.8 Å². The maximum atomic E-state index is 2.40. The number of thiophene rings is 2. The van der Waals surface area contributed by atoms with E-state index in [-0.39, 0.29) is 0 Å². The van der Waals surface area contributed by atoms with Crippen LogP contribution in [0.25, 0.3) is 62.6 Å². The summed E-state index contributed by atoms with van der Waals surface area (Å²) < 4.78 is 2.70. The van der Waals surface area contributed by atoms with E-state index in [2.05, 4.69) is 111 Å². The summed E-state index contributed by atoms with van der Waals surface area (Å²) in [5.74, 6) is 0. The van der Waals surface area contributed by atoms with Gasteiger partial charge in [-0.15, -0.1) is 22.7 Å². The Morgan fingerprint density at radius 2 is 0.912 bits per heavy atom. The Labute approximate surface area is 206 Å². The Morgan fingerprint density at radius 1 is 0.441 bits per heavy atom. The summed E-state index contributed by atoms with van der Waals surface area (Å²) in [6, 6.07) is 36.4. The average molecular weight is 471 g/mol. The van der Waals surface area contributed by atoms with Gasteiger partial charge in [0, 0.05) is 19.2 Å². The summed E-state index contributed by atoms with van der Waals surface area (Å²) in [6.45, 7) is 4.32. The molecule has 2 heteroatoms. The molecule has 0 N–H and O–H groups in total. The molecule has 2 aromatic heterocycles. The van der Waals surface area contributed by atoms with E-state index in [0.29, 0.717) is 0 Å². The second-order valence-corrected chi connectivity index (χ2v) is 11.4. The standard InChI is InChI=1S/C32H22S2/c1-19-5-3-7-23(11-19)29-15-25-13-21-9-10-22-14-26-16-30(24-8-4-6-20(2)12-24)34-32(26)18-28(22)27(21)17-31(25)33-29/h3-18H,1-2H3. The molecule has 34 heavy (non-hydrogen) atoms. The topological polar surface area (TPSA) is 0 Å². The van der Waals surface area contributed by atoms with Crippen molar-refractivity contribution < 1.29 is 0 Å². The van der Waals surface area contributed by atoms with Crippen LogP contribution in [-0.4, -0.2) is 0 Å². The van der Waals surface area contributed by atoms with E-state index in [1.165, 1.54) is 73.7 Å². The van der Waals surface area contributed by atoms with Crippen molar-refractivity contribution in [3.63, 3.8) is 0 Å². The first-order valence-corrected chi connectivity index (χ1v) is 13.2. The lowest BCUT2D eigenvalue weighted by molar-refractivity contribution is 1.48. The Kier molecular flexibility index (Phi) is 4.42. The average Bonchev–Trinajstić information content (AvgIpc) is 3.45. The van der Waals surface area contributed by atoms with Crippen LogP contribution in [0.3, 0.4) is 0 Å². The van der Waals surface area contributed by atoms with Crippen LogP contribution in [-0.2, 0) is 0 Å². The van der Waals surface area contributed by atoms with Crippen molar-refractivity contribution in [1.82, 2.24) is 0 Å². The summed E-state index contributed by atoms with van der Waals surface area (Å²) in [5.41, 5.74) is 5.21. The summed E-state index contributed by atoms with van der Waals surface area (Å²) in [7, 11) is 0. The van der Waals surface area contributed by atoms with E-state index in [4.69, 9.17) is 0 Å². The van der Waals surface area contributed by atoms with Gasteiger partial charge in [0.05, 0.1) is 0 Å². The lowest BCUT2D eigenvalue weighted by atomic mass is 9.99. The second-order valence-electron chi connectivity index (χ2n) is 9.25. The Balaban J connectivity index is 1.42. The van der Waals surface area contributed by atoms with Gasteiger partial charge in [-0.2, -0.15) is 0 Å². The SMILES string of the molecule is Cc1cccc(-c2cc3cc4ccc5cc6cc(-c7cccc(C)c7)sc6cc5c4cc3s2)c1. The van der Waals surface area contributed by atoms with Gasteiger partial charge in [-0.05, 0) is 93.7 Å². The number of fused-ring (bicyclic) bond motifs is 5. The Hall–Kier alpha value is -3.46. The fourth-order valence-corrected chi connectivity index (χ4v) is 7.17. The van der Waals surface area contributed by atoms with E-state index in [0.717, 1.165) is 0 Å². The van der Waals surface area contributed by atoms with Crippen LogP contribution in [0, 0.1) is 13.8 Å². The Bertz CT molecular complexity index is 1740. The summed E-state index contributed by atoms with van der Waals surface area (Å²) in [5, 5.41) is 7.96. The van der Waals surface area contributed by atoms with Gasteiger partial charge >= 0.3 is 0 Å². The molecular weight excluding hydrogens is 448 g/mol. The molecule has 0 aliphatic heterocycles. The first-order valence-electron chi connectivity index (χ1n) is 11.6. The van der Waals surface area contributed by atoms with Gasteiger partial charge in [0.1, 0.15) is 0 Å². The molecule has 0 fully saturated rings. The normalized spacial score (nSPS) is 11.8. The van der Waals surface area contributed by atoms with Crippen LogP contribution in [0.5, 0.6) is 0 Å². The summed E-state index contributed by atoms with van der Waals surface area (Å²) in [4.78, 5) is 2.67. The minimum atomic E-state index is 1.30. The molecule has 0 aliphatic carbocycles. The van der Waals surface area contributed by atoms with E-state index < -0.39 is 0 Å². The summed E-state index contributed by atoms with van der Waals surface area (Å²) in [6.07, 6.45) is 0. The molecule has 0 aliphatic rings. The zero-order chi connectivity index (χ0) is 22.8. The van der Waals surface area contributed by atoms with Crippen LogP contribution in [0.1, 0.15) is 11.1 Å². The number of aryl methyl sites for hydroxylation is 2. The lowest BCUT2D eigenvalue weighted by Crippen LogP contribution is -1.78. The predicted octanol–water partition coefficient (Wildman–Crippen LogP) is 10.4. The molecule has 0 saturated carbocycles. The minimum Gasteiger partial charge on any atom is -0.135 e. The number of hydrogen-bond donors (Lipinski definition) is 0.